The van der Waals surface area contributed by atoms with Crippen molar-refractivity contribution in [3.63, 3.8) is 0 Å². The summed E-state index contributed by atoms with van der Waals surface area (Å²) >= 11 is 1.75. The summed E-state index contributed by atoms with van der Waals surface area (Å²) in [6, 6.07) is 0. The number of hydrogen-bond acceptors (Lipinski definition) is 3. The predicted molar refractivity (Wildman–Crippen MR) is 61.4 cm³/mol. The van der Waals surface area contributed by atoms with Gasteiger partial charge in [0.15, 0.2) is 0 Å². The fraction of sp³-hybridized carbons (Fsp3) is 0.545. The van der Waals surface area contributed by atoms with E-state index in [9.17, 15) is 0 Å². The van der Waals surface area contributed by atoms with E-state index >= 15 is 0 Å². The zero-order valence-electron chi connectivity index (χ0n) is 8.92. The molecule has 1 N–H and O–H groups in total. The highest BCUT2D eigenvalue weighted by atomic mass is 32.1. The quantitative estimate of drug-likeness (QED) is 0.608. The first-order valence-corrected chi connectivity index (χ1v) is 5.45. The Morgan fingerprint density at radius 3 is 2.79 bits per heavy atom. The Morgan fingerprint density at radius 1 is 1.57 bits per heavy atom. The van der Waals surface area contributed by atoms with Crippen LogP contribution in [-0.4, -0.2) is 11.5 Å². The average molecular weight is 208 g/mol. The number of nitrogens with one attached hydrogen (secondary N) is 1. The van der Waals surface area contributed by atoms with Gasteiger partial charge in [0.2, 0.25) is 0 Å². The van der Waals surface area contributed by atoms with Crippen LogP contribution in [0.15, 0.2) is 6.20 Å². The molecule has 0 saturated carbocycles. The predicted octanol–water partition coefficient (Wildman–Crippen LogP) is 2.16. The summed E-state index contributed by atoms with van der Waals surface area (Å²) in [5.74, 6) is 2.55. The molecule has 0 radical (unpaired) electrons. The van der Waals surface area contributed by atoms with E-state index in [1.165, 1.54) is 9.88 Å². The van der Waals surface area contributed by atoms with E-state index in [1.54, 1.807) is 11.3 Å². The molecule has 1 rings (SSSR count). The summed E-state index contributed by atoms with van der Waals surface area (Å²) in [4.78, 5) is 5.63. The lowest BCUT2D eigenvalue weighted by atomic mass is 9.98. The Labute approximate surface area is 89.8 Å². The summed E-state index contributed by atoms with van der Waals surface area (Å²) in [6.07, 6.45) is 7.07. The van der Waals surface area contributed by atoms with Crippen LogP contribution in [0.25, 0.3) is 0 Å². The molecule has 1 aromatic heterocycles. The smallest absolute Gasteiger partial charge is 0.0981 e. The molecular formula is C11H16N2S. The van der Waals surface area contributed by atoms with Crippen LogP contribution in [0.3, 0.4) is 0 Å². The SMILES string of the molecule is C#CCNCc1cnc(C(C)(C)C)s1. The first-order valence-electron chi connectivity index (χ1n) is 4.63. The van der Waals surface area contributed by atoms with Gasteiger partial charge in [-0.05, 0) is 0 Å². The molecule has 0 atom stereocenters. The van der Waals surface area contributed by atoms with Gasteiger partial charge in [-0.2, -0.15) is 0 Å². The molecule has 14 heavy (non-hydrogen) atoms. The Hall–Kier alpha value is -0.850. The summed E-state index contributed by atoms with van der Waals surface area (Å²) in [7, 11) is 0. The first-order chi connectivity index (χ1) is 6.54. The van der Waals surface area contributed by atoms with E-state index in [2.05, 4.69) is 37.0 Å². The molecule has 0 aliphatic rings. The highest BCUT2D eigenvalue weighted by Crippen LogP contribution is 2.26. The van der Waals surface area contributed by atoms with Crippen molar-refractivity contribution in [3.8, 4) is 12.3 Å². The fourth-order valence-electron chi connectivity index (χ4n) is 0.994. The highest BCUT2D eigenvalue weighted by Gasteiger charge is 2.17. The van der Waals surface area contributed by atoms with Gasteiger partial charge >= 0.3 is 0 Å². The molecule has 0 aromatic carbocycles. The third kappa shape index (κ3) is 3.13. The first kappa shape index (κ1) is 11.2. The number of aromatic nitrogens is 1. The number of terminal acetylenes is 1. The van der Waals surface area contributed by atoms with Crippen molar-refractivity contribution in [3.05, 3.63) is 16.1 Å². The van der Waals surface area contributed by atoms with Gasteiger partial charge in [0.05, 0.1) is 11.6 Å². The normalized spacial score (nSPS) is 11.3. The van der Waals surface area contributed by atoms with Gasteiger partial charge in [-0.15, -0.1) is 17.8 Å². The van der Waals surface area contributed by atoms with E-state index < -0.39 is 0 Å². The third-order valence-corrected chi connectivity index (χ3v) is 3.14. The Kier molecular flexibility index (Phi) is 3.68. The zero-order chi connectivity index (χ0) is 10.6. The molecule has 2 nitrogen and oxygen atoms in total. The van der Waals surface area contributed by atoms with Crippen LogP contribution >= 0.6 is 11.3 Å². The summed E-state index contributed by atoms with van der Waals surface area (Å²) in [5, 5.41) is 4.33. The van der Waals surface area contributed by atoms with Crippen molar-refractivity contribution < 1.29 is 0 Å². The van der Waals surface area contributed by atoms with E-state index in [4.69, 9.17) is 6.42 Å². The van der Waals surface area contributed by atoms with E-state index in [0.717, 1.165) is 6.54 Å². The molecule has 0 saturated heterocycles. The van der Waals surface area contributed by atoms with Crippen molar-refractivity contribution >= 4 is 11.3 Å². The van der Waals surface area contributed by atoms with Gasteiger partial charge in [-0.25, -0.2) is 4.98 Å². The number of nitrogens with zero attached hydrogens (tertiary/aromatic N) is 1. The van der Waals surface area contributed by atoms with Crippen LogP contribution in [-0.2, 0) is 12.0 Å². The van der Waals surface area contributed by atoms with Crippen LogP contribution in [0.4, 0.5) is 0 Å². The van der Waals surface area contributed by atoms with E-state index in [1.807, 2.05) is 6.20 Å². The minimum Gasteiger partial charge on any atom is -0.301 e. The summed E-state index contributed by atoms with van der Waals surface area (Å²) in [5.41, 5.74) is 0.148. The van der Waals surface area contributed by atoms with E-state index in [0.29, 0.717) is 6.54 Å². The number of rotatable bonds is 3. The highest BCUT2D eigenvalue weighted by molar-refractivity contribution is 7.11. The van der Waals surface area contributed by atoms with Crippen LogP contribution in [0.2, 0.25) is 0 Å². The van der Waals surface area contributed by atoms with Crippen molar-refractivity contribution in [2.24, 2.45) is 0 Å². The average Bonchev–Trinajstić information content (AvgIpc) is 2.52. The zero-order valence-corrected chi connectivity index (χ0v) is 9.74. The maximum Gasteiger partial charge on any atom is 0.0981 e. The minimum absolute atomic E-state index is 0.148. The van der Waals surface area contributed by atoms with Gasteiger partial charge in [0.1, 0.15) is 0 Å². The lowest BCUT2D eigenvalue weighted by Gasteiger charge is -2.13. The molecule has 0 unspecified atom stereocenters. The van der Waals surface area contributed by atoms with Crippen molar-refractivity contribution in [2.45, 2.75) is 32.7 Å². The molecular weight excluding hydrogens is 192 g/mol. The second-order valence-corrected chi connectivity index (χ2v) is 5.30. The standard InChI is InChI=1S/C11H16N2S/c1-5-6-12-7-9-8-13-10(14-9)11(2,3)4/h1,8,12H,6-7H2,2-4H3. The van der Waals surface area contributed by atoms with Gasteiger partial charge in [-0.3, -0.25) is 0 Å². The Balaban J connectivity index is 2.57. The molecule has 0 spiro atoms. The Bertz CT molecular complexity index is 328. The van der Waals surface area contributed by atoms with Crippen LogP contribution in [0.1, 0.15) is 30.7 Å². The third-order valence-electron chi connectivity index (χ3n) is 1.72. The lowest BCUT2D eigenvalue weighted by molar-refractivity contribution is 0.585. The monoisotopic (exact) mass is 208 g/mol. The van der Waals surface area contributed by atoms with Crippen molar-refractivity contribution in [2.75, 3.05) is 6.54 Å². The molecule has 0 aliphatic carbocycles. The molecule has 0 bridgehead atoms. The van der Waals surface area contributed by atoms with Gasteiger partial charge in [-0.1, -0.05) is 26.7 Å². The number of hydrogen-bond donors (Lipinski definition) is 1. The maximum absolute atomic E-state index is 5.14. The second kappa shape index (κ2) is 4.59. The molecule has 1 aromatic rings. The Morgan fingerprint density at radius 2 is 2.29 bits per heavy atom. The lowest BCUT2D eigenvalue weighted by Crippen LogP contribution is -2.12. The van der Waals surface area contributed by atoms with E-state index in [-0.39, 0.29) is 5.41 Å². The maximum atomic E-state index is 5.14. The second-order valence-electron chi connectivity index (χ2n) is 4.19. The molecule has 3 heteroatoms. The van der Waals surface area contributed by atoms with Crippen LogP contribution < -0.4 is 5.32 Å². The molecule has 0 aliphatic heterocycles. The molecule has 0 fully saturated rings. The van der Waals surface area contributed by atoms with Gasteiger partial charge in [0.25, 0.3) is 0 Å². The summed E-state index contributed by atoms with van der Waals surface area (Å²) < 4.78 is 0. The van der Waals surface area contributed by atoms with Gasteiger partial charge < -0.3 is 5.32 Å². The molecule has 76 valence electrons. The minimum atomic E-state index is 0.148. The largest absolute Gasteiger partial charge is 0.301 e. The fourth-order valence-corrected chi connectivity index (χ4v) is 1.93. The topological polar surface area (TPSA) is 24.9 Å². The van der Waals surface area contributed by atoms with Crippen molar-refractivity contribution in [1.29, 1.82) is 0 Å². The molecule has 1 heterocycles. The molecule has 0 amide bonds. The summed E-state index contributed by atoms with van der Waals surface area (Å²) in [6.45, 7) is 7.94. The van der Waals surface area contributed by atoms with Gasteiger partial charge in [0, 0.05) is 23.0 Å². The van der Waals surface area contributed by atoms with Crippen LogP contribution in [0.5, 0.6) is 0 Å². The van der Waals surface area contributed by atoms with Crippen LogP contribution in [0, 0.1) is 12.3 Å². The number of thiazole rings is 1. The van der Waals surface area contributed by atoms with Crippen molar-refractivity contribution in [1.82, 2.24) is 10.3 Å².